The number of benzene rings is 1. The van der Waals surface area contributed by atoms with Crippen molar-refractivity contribution in [2.75, 3.05) is 36.0 Å². The van der Waals surface area contributed by atoms with Gasteiger partial charge in [-0.15, -0.1) is 0 Å². The maximum Gasteiger partial charge on any atom is 0.140 e. The Balaban J connectivity index is 1.66. The van der Waals surface area contributed by atoms with E-state index in [0.29, 0.717) is 5.69 Å². The van der Waals surface area contributed by atoms with E-state index in [1.165, 1.54) is 11.3 Å². The largest absolute Gasteiger partial charge is 0.368 e. The molecule has 1 aromatic heterocycles. The van der Waals surface area contributed by atoms with Gasteiger partial charge in [-0.1, -0.05) is 12.1 Å². The average Bonchev–Trinajstić information content (AvgIpc) is 2.55. The second-order valence-corrected chi connectivity index (χ2v) is 5.33. The predicted octanol–water partition coefficient (Wildman–Crippen LogP) is 2.59. The molecule has 0 aliphatic carbocycles. The number of rotatable bonds is 2. The summed E-state index contributed by atoms with van der Waals surface area (Å²) in [7, 11) is 0. The Hall–Kier alpha value is -2.54. The first-order valence-electron chi connectivity index (χ1n) is 7.19. The van der Waals surface area contributed by atoms with E-state index in [9.17, 15) is 0 Å². The Morgan fingerprint density at radius 3 is 2.29 bits per heavy atom. The number of pyridine rings is 1. The molecule has 106 valence electrons. The number of hydrogen-bond acceptors (Lipinski definition) is 4. The van der Waals surface area contributed by atoms with Crippen molar-refractivity contribution in [2.24, 2.45) is 0 Å². The van der Waals surface area contributed by atoms with Crippen molar-refractivity contribution in [1.29, 1.82) is 5.26 Å². The van der Waals surface area contributed by atoms with Gasteiger partial charge in [-0.25, -0.2) is 4.98 Å². The molecule has 0 radical (unpaired) electrons. The topological polar surface area (TPSA) is 43.2 Å². The second kappa shape index (κ2) is 5.84. The van der Waals surface area contributed by atoms with Crippen LogP contribution in [0.25, 0.3) is 0 Å². The summed E-state index contributed by atoms with van der Waals surface area (Å²) in [5, 5.41) is 8.79. The lowest BCUT2D eigenvalue weighted by Crippen LogP contribution is -2.46. The van der Waals surface area contributed by atoms with Crippen molar-refractivity contribution < 1.29 is 0 Å². The molecule has 0 unspecified atom stereocenters. The van der Waals surface area contributed by atoms with Gasteiger partial charge in [0.2, 0.25) is 0 Å². The van der Waals surface area contributed by atoms with Crippen LogP contribution in [-0.2, 0) is 0 Å². The Labute approximate surface area is 125 Å². The van der Waals surface area contributed by atoms with E-state index in [2.05, 4.69) is 52.0 Å². The molecule has 0 bridgehead atoms. The van der Waals surface area contributed by atoms with Crippen LogP contribution in [-0.4, -0.2) is 31.2 Å². The quantitative estimate of drug-likeness (QED) is 0.847. The predicted molar refractivity (Wildman–Crippen MR) is 84.6 cm³/mol. The zero-order valence-electron chi connectivity index (χ0n) is 12.2. The smallest absolute Gasteiger partial charge is 0.140 e. The summed E-state index contributed by atoms with van der Waals surface area (Å²) in [5.41, 5.74) is 4.16. The molecule has 1 fully saturated rings. The van der Waals surface area contributed by atoms with E-state index in [1.54, 1.807) is 12.3 Å². The number of nitriles is 1. The van der Waals surface area contributed by atoms with Gasteiger partial charge in [0.05, 0.1) is 11.9 Å². The van der Waals surface area contributed by atoms with Crippen molar-refractivity contribution in [3.8, 4) is 6.07 Å². The Bertz CT molecular complexity index is 649. The van der Waals surface area contributed by atoms with Crippen molar-refractivity contribution in [1.82, 2.24) is 4.98 Å². The van der Waals surface area contributed by atoms with Crippen molar-refractivity contribution in [3.63, 3.8) is 0 Å². The Kier molecular flexibility index (Phi) is 3.74. The molecule has 0 atom stereocenters. The van der Waals surface area contributed by atoms with Gasteiger partial charge in [-0.05, 0) is 36.8 Å². The van der Waals surface area contributed by atoms with E-state index in [-0.39, 0.29) is 0 Å². The summed E-state index contributed by atoms with van der Waals surface area (Å²) in [6.07, 6.45) is 1.79. The lowest BCUT2D eigenvalue weighted by atomic mass is 10.2. The van der Waals surface area contributed by atoms with Gasteiger partial charge >= 0.3 is 0 Å². The highest BCUT2D eigenvalue weighted by atomic mass is 15.3. The van der Waals surface area contributed by atoms with Crippen LogP contribution in [0, 0.1) is 18.3 Å². The third kappa shape index (κ3) is 2.97. The summed E-state index contributed by atoms with van der Waals surface area (Å²) in [6, 6.07) is 14.5. The minimum Gasteiger partial charge on any atom is -0.368 e. The summed E-state index contributed by atoms with van der Waals surface area (Å²) >= 11 is 0. The van der Waals surface area contributed by atoms with Gasteiger partial charge in [-0.3, -0.25) is 0 Å². The Morgan fingerprint density at radius 1 is 1.00 bits per heavy atom. The summed E-state index contributed by atoms with van der Waals surface area (Å²) < 4.78 is 0. The molecule has 1 aliphatic heterocycles. The van der Waals surface area contributed by atoms with Crippen LogP contribution in [0.4, 0.5) is 11.4 Å². The van der Waals surface area contributed by atoms with Crippen molar-refractivity contribution in [3.05, 3.63) is 53.9 Å². The monoisotopic (exact) mass is 278 g/mol. The van der Waals surface area contributed by atoms with E-state index < -0.39 is 0 Å². The number of aryl methyl sites for hydroxylation is 1. The zero-order chi connectivity index (χ0) is 14.7. The maximum atomic E-state index is 8.79. The third-order valence-corrected chi connectivity index (χ3v) is 3.87. The summed E-state index contributed by atoms with van der Waals surface area (Å²) in [6.45, 7) is 6.08. The average molecular weight is 278 g/mol. The van der Waals surface area contributed by atoms with Gasteiger partial charge in [0.15, 0.2) is 0 Å². The normalized spacial score (nSPS) is 14.9. The lowest BCUT2D eigenvalue weighted by molar-refractivity contribution is 0.652. The lowest BCUT2D eigenvalue weighted by Gasteiger charge is -2.37. The van der Waals surface area contributed by atoms with Gasteiger partial charge in [0.1, 0.15) is 11.8 Å². The maximum absolute atomic E-state index is 8.79. The zero-order valence-corrected chi connectivity index (χ0v) is 12.2. The van der Waals surface area contributed by atoms with E-state index >= 15 is 0 Å². The summed E-state index contributed by atoms with van der Waals surface area (Å²) in [5.74, 6) is 0. The van der Waals surface area contributed by atoms with Gasteiger partial charge in [-0.2, -0.15) is 5.26 Å². The minimum atomic E-state index is 0.470. The molecule has 1 aromatic carbocycles. The molecule has 0 saturated carbocycles. The van der Waals surface area contributed by atoms with E-state index in [4.69, 9.17) is 5.26 Å². The molecule has 2 heterocycles. The molecule has 21 heavy (non-hydrogen) atoms. The van der Waals surface area contributed by atoms with Gasteiger partial charge in [0, 0.05) is 31.9 Å². The van der Waals surface area contributed by atoms with Crippen LogP contribution >= 0.6 is 0 Å². The highest BCUT2D eigenvalue weighted by molar-refractivity contribution is 5.52. The molecular formula is C17H18N4. The number of anilines is 2. The fourth-order valence-corrected chi connectivity index (χ4v) is 2.69. The van der Waals surface area contributed by atoms with Crippen LogP contribution in [0.5, 0.6) is 0 Å². The molecule has 2 aromatic rings. The number of hydrogen-bond donors (Lipinski definition) is 0. The molecule has 4 nitrogen and oxygen atoms in total. The van der Waals surface area contributed by atoms with Gasteiger partial charge < -0.3 is 9.80 Å². The molecule has 1 aliphatic rings. The van der Waals surface area contributed by atoms with Crippen LogP contribution in [0.3, 0.4) is 0 Å². The molecule has 3 rings (SSSR count). The molecule has 1 saturated heterocycles. The molecule has 0 N–H and O–H groups in total. The highest BCUT2D eigenvalue weighted by Gasteiger charge is 2.17. The van der Waals surface area contributed by atoms with Crippen molar-refractivity contribution in [2.45, 2.75) is 6.92 Å². The second-order valence-electron chi connectivity index (χ2n) is 5.33. The van der Waals surface area contributed by atoms with E-state index in [1.807, 2.05) is 6.07 Å². The first kappa shape index (κ1) is 13.4. The molecule has 0 spiro atoms. The molecular weight excluding hydrogens is 260 g/mol. The number of nitrogens with zero attached hydrogens (tertiary/aromatic N) is 4. The number of aromatic nitrogens is 1. The fourth-order valence-electron chi connectivity index (χ4n) is 2.69. The van der Waals surface area contributed by atoms with E-state index in [0.717, 1.165) is 31.9 Å². The SMILES string of the molecule is Cc1cccc(N2CCN(c3ccc(C#N)nc3)CC2)c1. The van der Waals surface area contributed by atoms with Gasteiger partial charge in [0.25, 0.3) is 0 Å². The van der Waals surface area contributed by atoms with Crippen LogP contribution in [0.2, 0.25) is 0 Å². The van der Waals surface area contributed by atoms with Crippen LogP contribution < -0.4 is 9.80 Å². The first-order chi connectivity index (χ1) is 10.3. The fraction of sp³-hybridized carbons (Fsp3) is 0.294. The van der Waals surface area contributed by atoms with Crippen LogP contribution in [0.15, 0.2) is 42.6 Å². The third-order valence-electron chi connectivity index (χ3n) is 3.87. The minimum absolute atomic E-state index is 0.470. The molecule has 4 heteroatoms. The standard InChI is InChI=1S/C17H18N4/c1-14-3-2-4-16(11-14)20-7-9-21(10-8-20)17-6-5-15(12-18)19-13-17/h2-6,11,13H,7-10H2,1H3. The van der Waals surface area contributed by atoms with Crippen molar-refractivity contribution >= 4 is 11.4 Å². The summed E-state index contributed by atoms with van der Waals surface area (Å²) in [4.78, 5) is 8.88. The highest BCUT2D eigenvalue weighted by Crippen LogP contribution is 2.20. The van der Waals surface area contributed by atoms with Crippen LogP contribution in [0.1, 0.15) is 11.3 Å². The molecule has 0 amide bonds. The number of piperazine rings is 1. The first-order valence-corrected chi connectivity index (χ1v) is 7.19. The Morgan fingerprint density at radius 2 is 1.71 bits per heavy atom.